The van der Waals surface area contributed by atoms with Crippen LogP contribution < -0.4 is 0 Å². The lowest BCUT2D eigenvalue weighted by Gasteiger charge is -2.19. The predicted octanol–water partition coefficient (Wildman–Crippen LogP) is 4.13. The molecule has 0 aliphatic heterocycles. The number of imidazole rings is 1. The van der Waals surface area contributed by atoms with Crippen LogP contribution >= 0.6 is 11.6 Å². The van der Waals surface area contributed by atoms with Crippen molar-refractivity contribution in [3.63, 3.8) is 0 Å². The number of nitrogens with zero attached hydrogens (tertiary/aromatic N) is 3. The van der Waals surface area contributed by atoms with E-state index in [1.165, 1.54) is 0 Å². The van der Waals surface area contributed by atoms with Gasteiger partial charge in [0.1, 0.15) is 17.4 Å². The van der Waals surface area contributed by atoms with Crippen LogP contribution in [0.15, 0.2) is 18.2 Å². The molecule has 4 heteroatoms. The molecule has 0 fully saturated rings. The number of hydrogen-bond acceptors (Lipinski definition) is 2. The molecule has 3 nitrogen and oxygen atoms in total. The molecule has 106 valence electrons. The molecule has 0 bridgehead atoms. The highest BCUT2D eigenvalue weighted by Crippen LogP contribution is 2.25. The summed E-state index contributed by atoms with van der Waals surface area (Å²) in [5.74, 6) is 1.52. The quantitative estimate of drug-likeness (QED) is 0.794. The monoisotopic (exact) mass is 289 g/mol. The van der Waals surface area contributed by atoms with Crippen molar-refractivity contribution in [1.29, 1.82) is 5.26 Å². The van der Waals surface area contributed by atoms with E-state index < -0.39 is 0 Å². The van der Waals surface area contributed by atoms with Gasteiger partial charge in [-0.1, -0.05) is 26.8 Å². The number of rotatable bonds is 4. The highest BCUT2D eigenvalue weighted by molar-refractivity contribution is 6.17. The SMILES string of the molecule is CC(C)(C)CCn1c(CCCl)nc2c(C#N)cccc21. The second-order valence-electron chi connectivity index (χ2n) is 6.21. The summed E-state index contributed by atoms with van der Waals surface area (Å²) in [5.41, 5.74) is 2.73. The van der Waals surface area contributed by atoms with Gasteiger partial charge in [-0.25, -0.2) is 4.98 Å². The van der Waals surface area contributed by atoms with Crippen molar-refractivity contribution in [3.8, 4) is 6.07 Å². The number of nitriles is 1. The maximum atomic E-state index is 9.20. The van der Waals surface area contributed by atoms with Gasteiger partial charge in [0.15, 0.2) is 0 Å². The Morgan fingerprint density at radius 1 is 1.35 bits per heavy atom. The van der Waals surface area contributed by atoms with E-state index in [1.807, 2.05) is 18.2 Å². The zero-order valence-electron chi connectivity index (χ0n) is 12.3. The Morgan fingerprint density at radius 2 is 2.10 bits per heavy atom. The lowest BCUT2D eigenvalue weighted by Crippen LogP contribution is -2.12. The number of aromatic nitrogens is 2. The van der Waals surface area contributed by atoms with Crippen molar-refractivity contribution >= 4 is 22.6 Å². The molecule has 0 atom stereocenters. The van der Waals surface area contributed by atoms with Gasteiger partial charge in [0.25, 0.3) is 0 Å². The molecule has 0 spiro atoms. The summed E-state index contributed by atoms with van der Waals surface area (Å²) in [6, 6.07) is 7.98. The summed E-state index contributed by atoms with van der Waals surface area (Å²) in [7, 11) is 0. The Labute approximate surface area is 125 Å². The molecule has 1 aromatic carbocycles. The fourth-order valence-corrected chi connectivity index (χ4v) is 2.43. The van der Waals surface area contributed by atoms with Crippen LogP contribution in [0.3, 0.4) is 0 Å². The minimum atomic E-state index is 0.266. The van der Waals surface area contributed by atoms with Crippen molar-refractivity contribution in [2.45, 2.75) is 40.2 Å². The van der Waals surface area contributed by atoms with Crippen molar-refractivity contribution in [2.24, 2.45) is 5.41 Å². The molecule has 0 N–H and O–H groups in total. The molecule has 0 radical (unpaired) electrons. The maximum absolute atomic E-state index is 9.20. The van der Waals surface area contributed by atoms with Gasteiger partial charge in [-0.05, 0) is 24.0 Å². The van der Waals surface area contributed by atoms with E-state index in [0.717, 1.165) is 36.2 Å². The second kappa shape index (κ2) is 5.85. The van der Waals surface area contributed by atoms with Gasteiger partial charge < -0.3 is 4.57 Å². The Balaban J connectivity index is 2.49. The lowest BCUT2D eigenvalue weighted by molar-refractivity contribution is 0.350. The van der Waals surface area contributed by atoms with Crippen LogP contribution in [0.4, 0.5) is 0 Å². The minimum absolute atomic E-state index is 0.266. The Hall–Kier alpha value is -1.53. The van der Waals surface area contributed by atoms with E-state index in [4.69, 9.17) is 11.6 Å². The first-order chi connectivity index (χ1) is 9.46. The summed E-state index contributed by atoms with van der Waals surface area (Å²) in [6.07, 6.45) is 1.79. The third-order valence-corrected chi connectivity index (χ3v) is 3.57. The van der Waals surface area contributed by atoms with Crippen molar-refractivity contribution in [1.82, 2.24) is 9.55 Å². The van der Waals surface area contributed by atoms with E-state index in [2.05, 4.69) is 36.4 Å². The fourth-order valence-electron chi connectivity index (χ4n) is 2.26. The third kappa shape index (κ3) is 3.13. The molecule has 20 heavy (non-hydrogen) atoms. The molecule has 2 aromatic rings. The van der Waals surface area contributed by atoms with Crippen molar-refractivity contribution in [2.75, 3.05) is 5.88 Å². The Morgan fingerprint density at radius 3 is 2.70 bits per heavy atom. The standard InChI is InChI=1S/C16H20ClN3/c1-16(2,3)8-10-20-13-6-4-5-12(11-18)15(13)19-14(20)7-9-17/h4-6H,7-10H2,1-3H3. The van der Waals surface area contributed by atoms with Gasteiger partial charge in [-0.3, -0.25) is 0 Å². The van der Waals surface area contributed by atoms with Gasteiger partial charge >= 0.3 is 0 Å². The van der Waals surface area contributed by atoms with E-state index in [-0.39, 0.29) is 5.41 Å². The molecule has 1 heterocycles. The summed E-state index contributed by atoms with van der Waals surface area (Å²) in [4.78, 5) is 4.63. The molecule has 1 aromatic heterocycles. The van der Waals surface area contributed by atoms with Crippen molar-refractivity contribution in [3.05, 3.63) is 29.6 Å². The Bertz CT molecular complexity index is 644. The molecule has 0 aliphatic carbocycles. The average Bonchev–Trinajstić information content (AvgIpc) is 2.73. The van der Waals surface area contributed by atoms with Crippen LogP contribution in [0.1, 0.15) is 38.6 Å². The van der Waals surface area contributed by atoms with Gasteiger partial charge in [0.2, 0.25) is 0 Å². The van der Waals surface area contributed by atoms with E-state index in [0.29, 0.717) is 11.4 Å². The number of alkyl halides is 1. The van der Waals surface area contributed by atoms with Crippen LogP contribution in [0.25, 0.3) is 11.0 Å². The zero-order chi connectivity index (χ0) is 14.8. The minimum Gasteiger partial charge on any atom is -0.328 e. The van der Waals surface area contributed by atoms with E-state index in [9.17, 15) is 5.26 Å². The second-order valence-corrected chi connectivity index (χ2v) is 6.59. The fraction of sp³-hybridized carbons (Fsp3) is 0.500. The van der Waals surface area contributed by atoms with Crippen molar-refractivity contribution < 1.29 is 0 Å². The van der Waals surface area contributed by atoms with Gasteiger partial charge in [-0.2, -0.15) is 5.26 Å². The molecule has 0 saturated heterocycles. The van der Waals surface area contributed by atoms with E-state index >= 15 is 0 Å². The molecule has 0 amide bonds. The molecule has 0 saturated carbocycles. The van der Waals surface area contributed by atoms with Crippen LogP contribution in [0.5, 0.6) is 0 Å². The van der Waals surface area contributed by atoms with Gasteiger partial charge in [0.05, 0.1) is 11.1 Å². The van der Waals surface area contributed by atoms with Gasteiger partial charge in [0, 0.05) is 18.8 Å². The highest BCUT2D eigenvalue weighted by atomic mass is 35.5. The third-order valence-electron chi connectivity index (χ3n) is 3.38. The average molecular weight is 290 g/mol. The molecular formula is C16H20ClN3. The number of benzene rings is 1. The number of halogens is 1. The summed E-state index contributed by atoms with van der Waals surface area (Å²) >= 11 is 5.88. The first-order valence-electron chi connectivity index (χ1n) is 6.90. The molecule has 0 unspecified atom stereocenters. The number of aryl methyl sites for hydroxylation is 2. The predicted molar refractivity (Wildman–Crippen MR) is 82.9 cm³/mol. The maximum Gasteiger partial charge on any atom is 0.111 e. The highest BCUT2D eigenvalue weighted by Gasteiger charge is 2.16. The number of para-hydroxylation sites is 1. The first-order valence-corrected chi connectivity index (χ1v) is 7.44. The van der Waals surface area contributed by atoms with E-state index in [1.54, 1.807) is 0 Å². The van der Waals surface area contributed by atoms with Crippen LogP contribution in [-0.4, -0.2) is 15.4 Å². The first kappa shape index (κ1) is 14.9. The molecule has 0 aliphatic rings. The number of fused-ring (bicyclic) bond motifs is 1. The summed E-state index contributed by atoms with van der Waals surface area (Å²) in [6.45, 7) is 7.59. The van der Waals surface area contributed by atoms with Gasteiger partial charge in [-0.15, -0.1) is 11.6 Å². The zero-order valence-corrected chi connectivity index (χ0v) is 13.0. The molecule has 2 rings (SSSR count). The summed E-state index contributed by atoms with van der Waals surface area (Å²) < 4.78 is 2.21. The van der Waals surface area contributed by atoms with Crippen LogP contribution in [0.2, 0.25) is 0 Å². The molecular weight excluding hydrogens is 270 g/mol. The topological polar surface area (TPSA) is 41.6 Å². The largest absolute Gasteiger partial charge is 0.328 e. The van der Waals surface area contributed by atoms with Crippen LogP contribution in [-0.2, 0) is 13.0 Å². The normalized spacial score (nSPS) is 11.8. The summed E-state index contributed by atoms with van der Waals surface area (Å²) in [5, 5.41) is 9.20. The lowest BCUT2D eigenvalue weighted by atomic mass is 9.92. The number of hydrogen-bond donors (Lipinski definition) is 0. The Kier molecular flexibility index (Phi) is 4.35. The van der Waals surface area contributed by atoms with Crippen LogP contribution in [0, 0.1) is 16.7 Å². The smallest absolute Gasteiger partial charge is 0.111 e.